The zero-order valence-electron chi connectivity index (χ0n) is 22.8. The Kier molecular flexibility index (Phi) is 7.67. The van der Waals surface area contributed by atoms with Gasteiger partial charge in [-0.1, -0.05) is 13.8 Å². The monoisotopic (exact) mass is 561 g/mol. The van der Waals surface area contributed by atoms with Crippen LogP contribution < -0.4 is 0 Å². The number of amides is 1. The third-order valence-electron chi connectivity index (χ3n) is 9.44. The van der Waals surface area contributed by atoms with Gasteiger partial charge < -0.3 is 14.9 Å². The smallest absolute Gasteiger partial charge is 0.417 e. The molecule has 0 spiro atoms. The second kappa shape index (κ2) is 10.8. The van der Waals surface area contributed by atoms with Crippen LogP contribution in [-0.4, -0.2) is 57.4 Å². The zero-order chi connectivity index (χ0) is 28.8. The maximum absolute atomic E-state index is 14.5. The van der Waals surface area contributed by atoms with E-state index >= 15 is 0 Å². The lowest BCUT2D eigenvalue weighted by molar-refractivity contribution is -0.146. The Hall–Kier alpha value is -3.01. The van der Waals surface area contributed by atoms with E-state index in [2.05, 4.69) is 9.88 Å². The van der Waals surface area contributed by atoms with E-state index in [-0.39, 0.29) is 41.7 Å². The molecule has 0 bridgehead atoms. The summed E-state index contributed by atoms with van der Waals surface area (Å²) in [7, 11) is 0. The molecule has 2 aromatic rings. The van der Waals surface area contributed by atoms with Gasteiger partial charge in [-0.25, -0.2) is 9.18 Å². The number of carbonyl (C=O) groups excluding carboxylic acids is 1. The summed E-state index contributed by atoms with van der Waals surface area (Å²) in [6.45, 7) is 6.14. The predicted octanol–water partition coefficient (Wildman–Crippen LogP) is 5.90. The van der Waals surface area contributed by atoms with Crippen molar-refractivity contribution in [3.8, 4) is 0 Å². The summed E-state index contributed by atoms with van der Waals surface area (Å²) in [5.74, 6) is -1.44. The Labute approximate surface area is 231 Å². The summed E-state index contributed by atoms with van der Waals surface area (Å²) in [5, 5.41) is 9.30. The lowest BCUT2D eigenvalue weighted by atomic mass is 9.73. The van der Waals surface area contributed by atoms with Crippen LogP contribution in [-0.2, 0) is 23.9 Å². The highest BCUT2D eigenvalue weighted by Crippen LogP contribution is 2.49. The van der Waals surface area contributed by atoms with Gasteiger partial charge in [-0.15, -0.1) is 0 Å². The largest absolute Gasteiger partial charge is 0.478 e. The Bertz CT molecular complexity index is 1290. The van der Waals surface area contributed by atoms with Gasteiger partial charge in [0.15, 0.2) is 0 Å². The molecule has 3 heterocycles. The van der Waals surface area contributed by atoms with Crippen molar-refractivity contribution >= 4 is 11.9 Å². The van der Waals surface area contributed by atoms with Crippen LogP contribution in [0.25, 0.3) is 0 Å². The molecule has 0 unspecified atom stereocenters. The molecule has 3 aliphatic rings. The maximum Gasteiger partial charge on any atom is 0.417 e. The topological polar surface area (TPSA) is 73.7 Å². The first-order chi connectivity index (χ1) is 18.9. The van der Waals surface area contributed by atoms with Gasteiger partial charge in [-0.3, -0.25) is 9.78 Å². The van der Waals surface area contributed by atoms with Crippen molar-refractivity contribution in [1.82, 2.24) is 14.8 Å². The third kappa shape index (κ3) is 5.34. The molecule has 1 aromatic heterocycles. The van der Waals surface area contributed by atoms with Crippen molar-refractivity contribution in [1.29, 1.82) is 0 Å². The highest BCUT2D eigenvalue weighted by Gasteiger charge is 2.51. The Morgan fingerprint density at radius 3 is 2.48 bits per heavy atom. The van der Waals surface area contributed by atoms with Crippen LogP contribution in [0, 0.1) is 17.2 Å². The van der Waals surface area contributed by atoms with Gasteiger partial charge >= 0.3 is 12.1 Å². The molecule has 5 rings (SSSR count). The number of likely N-dealkylation sites (tertiary alicyclic amines) is 1. The molecule has 1 amide bonds. The number of rotatable bonds is 5. The molecule has 216 valence electrons. The summed E-state index contributed by atoms with van der Waals surface area (Å²) in [6, 6.07) is 5.27. The van der Waals surface area contributed by atoms with Gasteiger partial charge in [-0.05, 0) is 92.4 Å². The first-order valence-electron chi connectivity index (χ1n) is 14.0. The standard InChI is InChI=1S/C30H35F4N3O3/c1-18(2)29(28(40)37-12-8-26-21(17-37)13-22(16-35-26)30(32,33)34)9-5-23(15-29)36-10-6-19(7-11-36)24-14-20(27(38)39)3-4-25(24)31/h3-4,13-14,16,18-19,23H,5-12,15,17H2,1-2H3,(H,38,39)/t23-,29+/m1/s1. The molecule has 1 aliphatic carbocycles. The SMILES string of the molecule is CC(C)[C@]1(C(=O)N2CCc3ncc(C(F)(F)F)cc3C2)CC[C@@H](N2CCC(c3cc(C(=O)O)ccc3F)CC2)C1. The number of alkyl halides is 3. The number of aromatic nitrogens is 1. The minimum atomic E-state index is -4.48. The van der Waals surface area contributed by atoms with Crippen LogP contribution in [0.15, 0.2) is 30.5 Å². The number of piperidine rings is 1. The van der Waals surface area contributed by atoms with Crippen LogP contribution in [0.1, 0.15) is 84.6 Å². The fourth-order valence-electron chi connectivity index (χ4n) is 6.96. The first kappa shape index (κ1) is 28.5. The summed E-state index contributed by atoms with van der Waals surface area (Å²) in [4.78, 5) is 33.5. The van der Waals surface area contributed by atoms with Crippen molar-refractivity contribution in [2.24, 2.45) is 11.3 Å². The molecule has 10 heteroatoms. The summed E-state index contributed by atoms with van der Waals surface area (Å²) < 4.78 is 54.3. The molecule has 0 radical (unpaired) electrons. The van der Waals surface area contributed by atoms with Crippen molar-refractivity contribution in [3.05, 3.63) is 64.2 Å². The van der Waals surface area contributed by atoms with E-state index in [0.29, 0.717) is 55.5 Å². The molecule has 2 fully saturated rings. The van der Waals surface area contributed by atoms with Crippen molar-refractivity contribution < 1.29 is 32.3 Å². The molecule has 6 nitrogen and oxygen atoms in total. The van der Waals surface area contributed by atoms with Crippen LogP contribution in [0.2, 0.25) is 0 Å². The Morgan fingerprint density at radius 2 is 1.82 bits per heavy atom. The number of fused-ring (bicyclic) bond motifs is 1. The van der Waals surface area contributed by atoms with E-state index in [1.54, 1.807) is 4.90 Å². The molecular weight excluding hydrogens is 526 g/mol. The van der Waals surface area contributed by atoms with Gasteiger partial charge in [0, 0.05) is 37.4 Å². The van der Waals surface area contributed by atoms with Gasteiger partial charge in [0.1, 0.15) is 5.82 Å². The van der Waals surface area contributed by atoms with E-state index < -0.39 is 23.1 Å². The summed E-state index contributed by atoms with van der Waals surface area (Å²) >= 11 is 0. The van der Waals surface area contributed by atoms with E-state index in [0.717, 1.165) is 31.8 Å². The van der Waals surface area contributed by atoms with E-state index in [4.69, 9.17) is 0 Å². The van der Waals surface area contributed by atoms with E-state index in [9.17, 15) is 32.3 Å². The van der Waals surface area contributed by atoms with Crippen molar-refractivity contribution in [2.45, 2.75) is 77.1 Å². The van der Waals surface area contributed by atoms with Crippen molar-refractivity contribution in [2.75, 3.05) is 19.6 Å². The van der Waals surface area contributed by atoms with Gasteiger partial charge in [-0.2, -0.15) is 13.2 Å². The third-order valence-corrected chi connectivity index (χ3v) is 9.44. The van der Waals surface area contributed by atoms with Crippen LogP contribution in [0.5, 0.6) is 0 Å². The highest BCUT2D eigenvalue weighted by molar-refractivity contribution is 5.87. The van der Waals surface area contributed by atoms with Gasteiger partial charge in [0.2, 0.25) is 5.91 Å². The first-order valence-corrected chi connectivity index (χ1v) is 14.0. The molecule has 40 heavy (non-hydrogen) atoms. The Morgan fingerprint density at radius 1 is 1.10 bits per heavy atom. The second-order valence-electron chi connectivity index (χ2n) is 11.9. The second-order valence-corrected chi connectivity index (χ2v) is 11.9. The number of pyridine rings is 1. The average molecular weight is 562 g/mol. The van der Waals surface area contributed by atoms with Gasteiger partial charge in [0.05, 0.1) is 16.5 Å². The van der Waals surface area contributed by atoms with Crippen LogP contribution in [0.3, 0.4) is 0 Å². The van der Waals surface area contributed by atoms with Crippen LogP contribution >= 0.6 is 0 Å². The van der Waals surface area contributed by atoms with Crippen molar-refractivity contribution in [3.63, 3.8) is 0 Å². The molecule has 1 N–H and O–H groups in total. The number of hydrogen-bond donors (Lipinski definition) is 1. The summed E-state index contributed by atoms with van der Waals surface area (Å²) in [6.07, 6.45) is 0.478. The molecular formula is C30H35F4N3O3. The fourth-order valence-corrected chi connectivity index (χ4v) is 6.96. The van der Waals surface area contributed by atoms with E-state index in [1.165, 1.54) is 18.2 Å². The van der Waals surface area contributed by atoms with Gasteiger partial charge in [0.25, 0.3) is 0 Å². The highest BCUT2D eigenvalue weighted by atomic mass is 19.4. The number of carbonyl (C=O) groups is 2. The number of hydrogen-bond acceptors (Lipinski definition) is 4. The summed E-state index contributed by atoms with van der Waals surface area (Å²) in [5.41, 5.74) is 0.234. The molecule has 2 aliphatic heterocycles. The Balaban J connectivity index is 1.26. The lowest BCUT2D eigenvalue weighted by Crippen LogP contribution is -2.49. The quantitative estimate of drug-likeness (QED) is 0.461. The number of benzene rings is 1. The molecule has 1 aromatic carbocycles. The zero-order valence-corrected chi connectivity index (χ0v) is 22.8. The number of aromatic carboxylic acids is 1. The lowest BCUT2D eigenvalue weighted by Gasteiger charge is -2.41. The molecule has 1 saturated carbocycles. The maximum atomic E-state index is 14.5. The minimum absolute atomic E-state index is 0.00973. The fraction of sp³-hybridized carbons (Fsp3) is 0.567. The van der Waals surface area contributed by atoms with E-state index in [1.807, 2.05) is 13.8 Å². The normalized spacial score (nSPS) is 24.4. The number of nitrogens with zero attached hydrogens (tertiary/aromatic N) is 3. The molecule has 2 atom stereocenters. The van der Waals surface area contributed by atoms with Crippen LogP contribution in [0.4, 0.5) is 17.6 Å². The number of carboxylic acid groups (broad SMARTS) is 1. The molecule has 1 saturated heterocycles. The number of halogens is 4. The minimum Gasteiger partial charge on any atom is -0.478 e. The predicted molar refractivity (Wildman–Crippen MR) is 140 cm³/mol. The average Bonchev–Trinajstić information content (AvgIpc) is 3.39. The number of carboxylic acids is 1.